The number of rotatable bonds is 7. The maximum absolute atomic E-state index is 10.2. The van der Waals surface area contributed by atoms with Crippen molar-refractivity contribution in [3.8, 4) is 11.5 Å². The van der Waals surface area contributed by atoms with Crippen LogP contribution in [0.4, 0.5) is 0 Å². The van der Waals surface area contributed by atoms with Crippen LogP contribution in [0.5, 0.6) is 11.5 Å². The summed E-state index contributed by atoms with van der Waals surface area (Å²) in [5.74, 6) is 0.356. The smallest absolute Gasteiger partial charge is 0.124 e. The minimum Gasteiger partial charge on any atom is -0.507 e. The Bertz CT molecular complexity index is 1110. The van der Waals surface area contributed by atoms with Crippen LogP contribution in [0.1, 0.15) is 34.3 Å². The summed E-state index contributed by atoms with van der Waals surface area (Å²) in [5.41, 5.74) is 3.29. The quantitative estimate of drug-likeness (QED) is 0.250. The number of hydrogen-bond acceptors (Lipinski definition) is 4. The third-order valence-electron chi connectivity index (χ3n) is 5.20. The Labute approximate surface area is 204 Å². The molecule has 0 aliphatic heterocycles. The van der Waals surface area contributed by atoms with E-state index in [1.165, 1.54) is 0 Å². The first-order valence-corrected chi connectivity index (χ1v) is 10.4. The van der Waals surface area contributed by atoms with Gasteiger partial charge in [-0.25, -0.2) is 0 Å². The van der Waals surface area contributed by atoms with Crippen molar-refractivity contribution in [1.29, 1.82) is 0 Å². The van der Waals surface area contributed by atoms with Crippen molar-refractivity contribution >= 4 is 12.4 Å². The number of benzene rings is 4. The van der Waals surface area contributed by atoms with Crippen LogP contribution in [-0.4, -0.2) is 22.6 Å². The normalized spacial score (nSPS) is 13.0. The van der Waals surface area contributed by atoms with Crippen molar-refractivity contribution in [2.24, 2.45) is 9.98 Å². The number of aromatic hydroxyl groups is 2. The predicted octanol–water partition coefficient (Wildman–Crippen LogP) is 6.12. The molecule has 0 fully saturated rings. The zero-order valence-corrected chi connectivity index (χ0v) is 18.9. The standard InChI is InChI=1S/C28H24N2O2.Fe/c31-25-17-9-7-15-23(25)19-29-27(21-11-3-1-4-12-21)28(22-13-5-2-6-14-22)30-20-24-16-8-10-18-26(24)32;/h1-20,27-28,31-32H;/t27-,28-;/m1./s1. The van der Waals surface area contributed by atoms with E-state index in [0.717, 1.165) is 11.1 Å². The summed E-state index contributed by atoms with van der Waals surface area (Å²) < 4.78 is 0. The number of para-hydroxylation sites is 2. The Morgan fingerprint density at radius 2 is 0.818 bits per heavy atom. The molecule has 0 saturated heterocycles. The molecule has 4 aromatic rings. The second kappa shape index (κ2) is 11.8. The molecule has 166 valence electrons. The molecule has 2 atom stereocenters. The Morgan fingerprint density at radius 1 is 0.485 bits per heavy atom. The Balaban J connectivity index is 0.00000306. The fourth-order valence-corrected chi connectivity index (χ4v) is 3.51. The third-order valence-corrected chi connectivity index (χ3v) is 5.20. The second-order valence-electron chi connectivity index (χ2n) is 7.39. The Kier molecular flexibility index (Phi) is 8.59. The van der Waals surface area contributed by atoms with Gasteiger partial charge in [-0.05, 0) is 35.4 Å². The van der Waals surface area contributed by atoms with Crippen LogP contribution < -0.4 is 0 Å². The van der Waals surface area contributed by atoms with Gasteiger partial charge >= 0.3 is 0 Å². The molecular formula is C28H24FeN2O2. The molecule has 0 amide bonds. The van der Waals surface area contributed by atoms with E-state index in [1.54, 1.807) is 36.7 Å². The van der Waals surface area contributed by atoms with Crippen molar-refractivity contribution in [3.05, 3.63) is 131 Å². The maximum atomic E-state index is 10.2. The van der Waals surface area contributed by atoms with Gasteiger partial charge in [-0.3, -0.25) is 9.98 Å². The van der Waals surface area contributed by atoms with E-state index in [1.807, 2.05) is 84.9 Å². The van der Waals surface area contributed by atoms with Crippen LogP contribution >= 0.6 is 0 Å². The summed E-state index contributed by atoms with van der Waals surface area (Å²) in [6.45, 7) is 0. The minimum absolute atomic E-state index is 0. The number of hydrogen-bond donors (Lipinski definition) is 2. The summed E-state index contributed by atoms with van der Waals surface area (Å²) in [6, 6.07) is 33.5. The van der Waals surface area contributed by atoms with Gasteiger partial charge in [0.1, 0.15) is 23.6 Å². The van der Waals surface area contributed by atoms with Gasteiger partial charge in [0.2, 0.25) is 0 Å². The van der Waals surface area contributed by atoms with Crippen molar-refractivity contribution < 1.29 is 27.3 Å². The summed E-state index contributed by atoms with van der Waals surface area (Å²) in [6.07, 6.45) is 3.39. The number of phenolic OH excluding ortho intramolecular Hbond substituents is 2. The van der Waals surface area contributed by atoms with Crippen molar-refractivity contribution in [1.82, 2.24) is 0 Å². The molecule has 0 bridgehead atoms. The van der Waals surface area contributed by atoms with Crippen LogP contribution in [0.15, 0.2) is 119 Å². The largest absolute Gasteiger partial charge is 0.507 e. The molecule has 0 aromatic heterocycles. The zero-order valence-electron chi connectivity index (χ0n) is 17.8. The minimum atomic E-state index is -0.333. The molecule has 4 nitrogen and oxygen atoms in total. The van der Waals surface area contributed by atoms with E-state index >= 15 is 0 Å². The molecule has 4 aromatic carbocycles. The van der Waals surface area contributed by atoms with Crippen LogP contribution in [0, 0.1) is 0 Å². The fraction of sp³-hybridized carbons (Fsp3) is 0.0714. The first-order chi connectivity index (χ1) is 15.7. The van der Waals surface area contributed by atoms with Crippen molar-refractivity contribution in [2.45, 2.75) is 12.1 Å². The van der Waals surface area contributed by atoms with Gasteiger partial charge in [-0.1, -0.05) is 84.9 Å². The van der Waals surface area contributed by atoms with Gasteiger partial charge in [0.05, 0.1) is 0 Å². The number of nitrogens with zero attached hydrogens (tertiary/aromatic N) is 2. The molecule has 5 heteroatoms. The summed E-state index contributed by atoms with van der Waals surface area (Å²) in [5, 5.41) is 20.4. The number of aliphatic imine (C=N–C) groups is 2. The first-order valence-electron chi connectivity index (χ1n) is 10.4. The fourth-order valence-electron chi connectivity index (χ4n) is 3.51. The molecule has 0 unspecified atom stereocenters. The van der Waals surface area contributed by atoms with E-state index in [4.69, 9.17) is 9.98 Å². The molecule has 0 radical (unpaired) electrons. The molecule has 0 saturated carbocycles. The van der Waals surface area contributed by atoms with Gasteiger partial charge in [-0.15, -0.1) is 0 Å². The Morgan fingerprint density at radius 3 is 1.18 bits per heavy atom. The van der Waals surface area contributed by atoms with E-state index < -0.39 is 0 Å². The summed E-state index contributed by atoms with van der Waals surface area (Å²) >= 11 is 0. The number of phenols is 2. The van der Waals surface area contributed by atoms with Crippen molar-refractivity contribution in [3.63, 3.8) is 0 Å². The van der Waals surface area contributed by atoms with E-state index in [-0.39, 0.29) is 40.7 Å². The SMILES string of the molecule is Oc1ccccc1C=N[C@H](c1ccccc1)[C@H](N=Cc1ccccc1O)c1ccccc1.[Fe]. The van der Waals surface area contributed by atoms with Crippen LogP contribution in [0.2, 0.25) is 0 Å². The molecule has 33 heavy (non-hydrogen) atoms. The van der Waals surface area contributed by atoms with E-state index in [0.29, 0.717) is 11.1 Å². The van der Waals surface area contributed by atoms with Gasteiger partial charge in [-0.2, -0.15) is 0 Å². The van der Waals surface area contributed by atoms with Crippen LogP contribution in [-0.2, 0) is 17.1 Å². The third kappa shape index (κ3) is 6.19. The van der Waals surface area contributed by atoms with Gasteiger partial charge in [0.15, 0.2) is 0 Å². The van der Waals surface area contributed by atoms with Gasteiger partial charge in [0.25, 0.3) is 0 Å². The first kappa shape index (κ1) is 24.0. The zero-order chi connectivity index (χ0) is 22.2. The molecule has 0 aliphatic carbocycles. The molecule has 4 rings (SSSR count). The summed E-state index contributed by atoms with van der Waals surface area (Å²) in [4.78, 5) is 9.75. The average Bonchev–Trinajstić information content (AvgIpc) is 2.84. The van der Waals surface area contributed by atoms with Crippen LogP contribution in [0.3, 0.4) is 0 Å². The molecule has 0 aliphatic rings. The van der Waals surface area contributed by atoms with Gasteiger partial charge < -0.3 is 10.2 Å². The second-order valence-corrected chi connectivity index (χ2v) is 7.39. The average molecular weight is 476 g/mol. The predicted molar refractivity (Wildman–Crippen MR) is 130 cm³/mol. The monoisotopic (exact) mass is 476 g/mol. The van der Waals surface area contributed by atoms with Crippen LogP contribution in [0.25, 0.3) is 0 Å². The van der Waals surface area contributed by atoms with E-state index in [9.17, 15) is 10.2 Å². The summed E-state index contributed by atoms with van der Waals surface area (Å²) in [7, 11) is 0. The molecule has 2 N–H and O–H groups in total. The topological polar surface area (TPSA) is 65.2 Å². The maximum Gasteiger partial charge on any atom is 0.124 e. The molecule has 0 spiro atoms. The van der Waals surface area contributed by atoms with Crippen molar-refractivity contribution in [2.75, 3.05) is 0 Å². The van der Waals surface area contributed by atoms with E-state index in [2.05, 4.69) is 0 Å². The van der Waals surface area contributed by atoms with Gasteiger partial charge in [0, 0.05) is 40.6 Å². The Hall–Kier alpha value is -3.66. The molecular weight excluding hydrogens is 452 g/mol. The molecule has 0 heterocycles.